The Labute approximate surface area is 142 Å². The van der Waals surface area contributed by atoms with E-state index in [2.05, 4.69) is 9.97 Å². The molecule has 3 rings (SSSR count). The molecule has 0 radical (unpaired) electrons. The van der Waals surface area contributed by atoms with Crippen LogP contribution in [0.25, 0.3) is 5.65 Å². The largest absolute Gasteiger partial charge is 0.417 e. The average molecular weight is 376 g/mol. The highest BCUT2D eigenvalue weighted by Gasteiger charge is 2.31. The van der Waals surface area contributed by atoms with E-state index in [1.807, 2.05) is 0 Å². The topological polar surface area (TPSA) is 73.3 Å². The number of halogens is 6. The lowest BCUT2D eigenvalue weighted by molar-refractivity contribution is -0.138. The lowest BCUT2D eigenvalue weighted by Gasteiger charge is -2.05. The summed E-state index contributed by atoms with van der Waals surface area (Å²) >= 11 is 0. The number of hydrogen-bond acceptors (Lipinski definition) is 4. The summed E-state index contributed by atoms with van der Waals surface area (Å²) < 4.78 is 73.6. The molecule has 138 valence electrons. The van der Waals surface area contributed by atoms with E-state index in [4.69, 9.17) is 5.73 Å². The van der Waals surface area contributed by atoms with Crippen LogP contribution >= 0.6 is 0 Å². The predicted molar refractivity (Wildman–Crippen MR) is 79.2 cm³/mol. The van der Waals surface area contributed by atoms with Crippen LogP contribution in [-0.2, 0) is 12.4 Å². The van der Waals surface area contributed by atoms with Gasteiger partial charge in [-0.2, -0.15) is 26.3 Å². The highest BCUT2D eigenvalue weighted by molar-refractivity contribution is 5.73. The highest BCUT2D eigenvalue weighted by atomic mass is 19.4. The van der Waals surface area contributed by atoms with Gasteiger partial charge in [-0.1, -0.05) is 0 Å². The summed E-state index contributed by atoms with van der Waals surface area (Å²) in [7, 11) is 0. The Balaban J connectivity index is 0.000000197. The summed E-state index contributed by atoms with van der Waals surface area (Å²) in [6, 6.07) is 4.15. The molecule has 3 heterocycles. The van der Waals surface area contributed by atoms with Crippen LogP contribution in [0, 0.1) is 0 Å². The third-order valence-electron chi connectivity index (χ3n) is 3.03. The van der Waals surface area contributed by atoms with Gasteiger partial charge in [-0.25, -0.2) is 9.97 Å². The van der Waals surface area contributed by atoms with E-state index in [0.717, 1.165) is 24.4 Å². The first-order valence-electron chi connectivity index (χ1n) is 6.80. The maximum absolute atomic E-state index is 12.3. The second kappa shape index (κ2) is 7.02. The molecule has 0 fully saturated rings. The molecular formula is C15H10F6N4O. The third kappa shape index (κ3) is 4.71. The first-order chi connectivity index (χ1) is 12.0. The number of imidazole rings is 1. The SMILES string of the molecule is Nc1ccc(C(F)(F)F)cn1.O=Cc1cn2cc(C(F)(F)F)ccc2n1. The molecule has 0 aliphatic carbocycles. The minimum atomic E-state index is -4.39. The molecule has 3 aromatic heterocycles. The Morgan fingerprint density at radius 3 is 2.04 bits per heavy atom. The zero-order valence-electron chi connectivity index (χ0n) is 12.7. The Bertz CT molecular complexity index is 899. The summed E-state index contributed by atoms with van der Waals surface area (Å²) in [5.74, 6) is 0.0815. The van der Waals surface area contributed by atoms with Gasteiger partial charge in [0.25, 0.3) is 0 Å². The molecule has 5 nitrogen and oxygen atoms in total. The fourth-order valence-corrected chi connectivity index (χ4v) is 1.81. The fraction of sp³-hybridized carbons (Fsp3) is 0.133. The van der Waals surface area contributed by atoms with Crippen molar-refractivity contribution in [3.8, 4) is 0 Å². The van der Waals surface area contributed by atoms with E-state index < -0.39 is 23.5 Å². The minimum Gasteiger partial charge on any atom is -0.384 e. The van der Waals surface area contributed by atoms with Crippen molar-refractivity contribution in [2.75, 3.05) is 5.73 Å². The predicted octanol–water partition coefficient (Wildman–Crippen LogP) is 3.85. The van der Waals surface area contributed by atoms with Gasteiger partial charge in [-0.15, -0.1) is 0 Å². The Morgan fingerprint density at radius 2 is 1.54 bits per heavy atom. The van der Waals surface area contributed by atoms with E-state index in [1.54, 1.807) is 0 Å². The number of rotatable bonds is 1. The number of hydrogen-bond donors (Lipinski definition) is 1. The number of pyridine rings is 2. The van der Waals surface area contributed by atoms with Crippen LogP contribution in [0.15, 0.2) is 42.9 Å². The summed E-state index contributed by atoms with van der Waals surface area (Å²) in [4.78, 5) is 17.4. The second-order valence-electron chi connectivity index (χ2n) is 4.93. The Kier molecular flexibility index (Phi) is 5.19. The van der Waals surface area contributed by atoms with Crippen molar-refractivity contribution in [1.29, 1.82) is 0 Å². The van der Waals surface area contributed by atoms with Gasteiger partial charge in [0.2, 0.25) is 0 Å². The number of alkyl halides is 6. The molecule has 0 saturated carbocycles. The molecule has 0 spiro atoms. The van der Waals surface area contributed by atoms with Crippen LogP contribution < -0.4 is 5.73 Å². The normalized spacial score (nSPS) is 11.8. The van der Waals surface area contributed by atoms with E-state index in [0.29, 0.717) is 18.1 Å². The van der Waals surface area contributed by atoms with Gasteiger partial charge in [0.1, 0.15) is 17.2 Å². The molecule has 0 bridgehead atoms. The van der Waals surface area contributed by atoms with Crippen molar-refractivity contribution in [3.05, 3.63) is 59.7 Å². The van der Waals surface area contributed by atoms with Crippen molar-refractivity contribution < 1.29 is 31.1 Å². The molecule has 3 aromatic rings. The van der Waals surface area contributed by atoms with E-state index >= 15 is 0 Å². The van der Waals surface area contributed by atoms with Gasteiger partial charge in [0, 0.05) is 18.6 Å². The van der Waals surface area contributed by atoms with Crippen LogP contribution in [0.4, 0.5) is 32.2 Å². The maximum Gasteiger partial charge on any atom is 0.417 e. The van der Waals surface area contributed by atoms with Crippen LogP contribution in [0.1, 0.15) is 21.6 Å². The summed E-state index contributed by atoms with van der Waals surface area (Å²) in [6.07, 6.45) is -5.39. The number of nitrogens with zero attached hydrogens (tertiary/aromatic N) is 3. The molecule has 2 N–H and O–H groups in total. The maximum atomic E-state index is 12.3. The highest BCUT2D eigenvalue weighted by Crippen LogP contribution is 2.29. The van der Waals surface area contributed by atoms with Gasteiger partial charge in [0.05, 0.1) is 11.1 Å². The molecule has 0 atom stereocenters. The molecule has 0 aromatic carbocycles. The van der Waals surface area contributed by atoms with Crippen molar-refractivity contribution >= 4 is 17.8 Å². The van der Waals surface area contributed by atoms with E-state index in [-0.39, 0.29) is 11.5 Å². The fourth-order valence-electron chi connectivity index (χ4n) is 1.81. The lowest BCUT2D eigenvalue weighted by atomic mass is 10.3. The van der Waals surface area contributed by atoms with Crippen LogP contribution in [0.3, 0.4) is 0 Å². The van der Waals surface area contributed by atoms with Crippen molar-refractivity contribution in [2.45, 2.75) is 12.4 Å². The number of aldehydes is 1. The van der Waals surface area contributed by atoms with E-state index in [1.165, 1.54) is 16.7 Å². The number of aromatic nitrogens is 3. The summed E-state index contributed by atoms with van der Waals surface area (Å²) in [5.41, 5.74) is 3.95. The number of nitrogens with two attached hydrogens (primary N) is 1. The van der Waals surface area contributed by atoms with Gasteiger partial charge in [0.15, 0.2) is 6.29 Å². The van der Waals surface area contributed by atoms with E-state index in [9.17, 15) is 31.1 Å². The monoisotopic (exact) mass is 376 g/mol. The van der Waals surface area contributed by atoms with Crippen LogP contribution in [0.5, 0.6) is 0 Å². The quantitative estimate of drug-likeness (QED) is 0.517. The number of carbonyl (C=O) groups excluding carboxylic acids is 1. The first-order valence-corrected chi connectivity index (χ1v) is 6.80. The van der Waals surface area contributed by atoms with Crippen LogP contribution in [-0.4, -0.2) is 20.7 Å². The Hall–Kier alpha value is -3.11. The molecule has 0 unspecified atom stereocenters. The number of carbonyl (C=O) groups is 1. The molecule has 11 heteroatoms. The molecule has 26 heavy (non-hydrogen) atoms. The van der Waals surface area contributed by atoms with Crippen molar-refractivity contribution in [2.24, 2.45) is 0 Å². The zero-order chi connectivity index (χ0) is 19.5. The molecule has 0 saturated heterocycles. The van der Waals surface area contributed by atoms with Crippen molar-refractivity contribution in [1.82, 2.24) is 14.4 Å². The zero-order valence-corrected chi connectivity index (χ0v) is 12.7. The third-order valence-corrected chi connectivity index (χ3v) is 3.03. The van der Waals surface area contributed by atoms with Gasteiger partial charge < -0.3 is 10.1 Å². The molecule has 0 aliphatic rings. The summed E-state index contributed by atoms with van der Waals surface area (Å²) in [6.45, 7) is 0. The van der Waals surface area contributed by atoms with Gasteiger partial charge >= 0.3 is 12.4 Å². The minimum absolute atomic E-state index is 0.0815. The van der Waals surface area contributed by atoms with Gasteiger partial charge in [-0.05, 0) is 24.3 Å². The second-order valence-corrected chi connectivity index (χ2v) is 4.93. The molecular weight excluding hydrogens is 366 g/mol. The van der Waals surface area contributed by atoms with Crippen molar-refractivity contribution in [3.63, 3.8) is 0 Å². The molecule has 0 aliphatic heterocycles. The van der Waals surface area contributed by atoms with Gasteiger partial charge in [-0.3, -0.25) is 4.79 Å². The first kappa shape index (κ1) is 19.2. The lowest BCUT2D eigenvalue weighted by Crippen LogP contribution is -2.05. The van der Waals surface area contributed by atoms with Crippen LogP contribution in [0.2, 0.25) is 0 Å². The smallest absolute Gasteiger partial charge is 0.384 e. The standard InChI is InChI=1S/C9H5F3N2O.C6H5F3N2/c10-9(11,12)6-1-2-8-13-7(5-15)4-14(8)3-6;7-6(8,9)4-1-2-5(10)11-3-4/h1-5H;1-3H,(H2,10,11). The average Bonchev–Trinajstić information content (AvgIpc) is 2.96. The number of fused-ring (bicyclic) bond motifs is 1. The number of nitrogen functional groups attached to an aromatic ring is 1. The summed E-state index contributed by atoms with van der Waals surface area (Å²) in [5, 5.41) is 0. The molecule has 0 amide bonds. The number of anilines is 1. The Morgan fingerprint density at radius 1 is 0.923 bits per heavy atom.